The summed E-state index contributed by atoms with van der Waals surface area (Å²) < 4.78 is 10.1. The molecule has 0 spiro atoms. The second-order valence-electron chi connectivity index (χ2n) is 2.25. The quantitative estimate of drug-likeness (QED) is 0.460. The minimum Gasteiger partial charge on any atom is -0.498 e. The molecule has 0 aliphatic heterocycles. The number of methoxy groups -OCH3 is 2. The molecule has 64 valence electrons. The van der Waals surface area contributed by atoms with E-state index in [0.29, 0.717) is 0 Å². The molecule has 0 rings (SSSR count). The van der Waals surface area contributed by atoms with E-state index < -0.39 is 0 Å². The van der Waals surface area contributed by atoms with Crippen LogP contribution < -0.4 is 0 Å². The normalized spacial score (nSPS) is 12.0. The van der Waals surface area contributed by atoms with E-state index in [0.717, 1.165) is 23.5 Å². The van der Waals surface area contributed by atoms with Gasteiger partial charge in [-0.2, -0.15) is 0 Å². The third kappa shape index (κ3) is 2.66. The summed E-state index contributed by atoms with van der Waals surface area (Å²) in [6.45, 7) is 7.74. The van der Waals surface area contributed by atoms with Crippen LogP contribution >= 0.6 is 0 Å². The van der Waals surface area contributed by atoms with Crippen LogP contribution in [0, 0.1) is 0 Å². The van der Waals surface area contributed by atoms with E-state index in [4.69, 9.17) is 9.47 Å². The van der Waals surface area contributed by atoms with Gasteiger partial charge >= 0.3 is 0 Å². The Labute approximate surface area is 68.5 Å². The van der Waals surface area contributed by atoms with Crippen molar-refractivity contribution in [3.63, 3.8) is 0 Å². The van der Waals surface area contributed by atoms with Crippen LogP contribution in [-0.2, 0) is 9.47 Å². The van der Waals surface area contributed by atoms with Crippen molar-refractivity contribution in [3.8, 4) is 0 Å². The molecule has 0 radical (unpaired) electrons. The topological polar surface area (TPSA) is 18.5 Å². The van der Waals surface area contributed by atoms with Gasteiger partial charge in [-0.3, -0.25) is 0 Å². The van der Waals surface area contributed by atoms with Gasteiger partial charge in [-0.25, -0.2) is 0 Å². The maximum atomic E-state index is 5.11. The summed E-state index contributed by atoms with van der Waals surface area (Å²) >= 11 is 0. The Morgan fingerprint density at radius 2 is 1.82 bits per heavy atom. The molecule has 0 heterocycles. The van der Waals surface area contributed by atoms with Crippen molar-refractivity contribution in [2.75, 3.05) is 14.2 Å². The van der Waals surface area contributed by atoms with Crippen LogP contribution in [0.3, 0.4) is 0 Å². The predicted octanol–water partition coefficient (Wildman–Crippen LogP) is 2.48. The SMILES string of the molecule is C=C(CC)/C(OC)=C(\C)OC. The van der Waals surface area contributed by atoms with E-state index in [9.17, 15) is 0 Å². The Morgan fingerprint density at radius 1 is 1.27 bits per heavy atom. The summed E-state index contributed by atoms with van der Waals surface area (Å²) in [4.78, 5) is 0. The van der Waals surface area contributed by atoms with Crippen molar-refractivity contribution < 1.29 is 9.47 Å². The van der Waals surface area contributed by atoms with Crippen LogP contribution in [0.15, 0.2) is 23.7 Å². The summed E-state index contributed by atoms with van der Waals surface area (Å²) in [6, 6.07) is 0. The smallest absolute Gasteiger partial charge is 0.158 e. The predicted molar refractivity (Wildman–Crippen MR) is 46.1 cm³/mol. The fourth-order valence-corrected chi connectivity index (χ4v) is 0.790. The van der Waals surface area contributed by atoms with Crippen molar-refractivity contribution >= 4 is 0 Å². The standard InChI is InChI=1S/C9H16O2/c1-6-7(2)9(11-5)8(3)10-4/h2,6H2,1,3-5H3/b9-8-. The second-order valence-corrected chi connectivity index (χ2v) is 2.25. The van der Waals surface area contributed by atoms with Crippen LogP contribution in [0.1, 0.15) is 20.3 Å². The number of allylic oxidation sites excluding steroid dienone is 2. The number of rotatable bonds is 4. The Kier molecular flexibility index (Phi) is 4.42. The minimum absolute atomic E-state index is 0.759. The molecule has 0 unspecified atom stereocenters. The van der Waals surface area contributed by atoms with Gasteiger partial charge in [0.05, 0.1) is 14.2 Å². The third-order valence-corrected chi connectivity index (χ3v) is 1.58. The third-order valence-electron chi connectivity index (χ3n) is 1.58. The molecule has 0 saturated heterocycles. The van der Waals surface area contributed by atoms with Crippen molar-refractivity contribution in [1.29, 1.82) is 0 Å². The molecule has 0 amide bonds. The van der Waals surface area contributed by atoms with E-state index >= 15 is 0 Å². The van der Waals surface area contributed by atoms with Crippen molar-refractivity contribution in [2.24, 2.45) is 0 Å². The first-order valence-electron chi connectivity index (χ1n) is 3.64. The van der Waals surface area contributed by atoms with Crippen LogP contribution in [-0.4, -0.2) is 14.2 Å². The largest absolute Gasteiger partial charge is 0.498 e. The highest BCUT2D eigenvalue weighted by molar-refractivity contribution is 5.24. The molecule has 11 heavy (non-hydrogen) atoms. The maximum absolute atomic E-state index is 5.11. The molecule has 0 bridgehead atoms. The molecule has 2 heteroatoms. The van der Waals surface area contributed by atoms with Crippen LogP contribution in [0.25, 0.3) is 0 Å². The Morgan fingerprint density at radius 3 is 2.09 bits per heavy atom. The molecule has 0 aromatic rings. The van der Waals surface area contributed by atoms with Crippen molar-refractivity contribution in [3.05, 3.63) is 23.7 Å². The van der Waals surface area contributed by atoms with E-state index in [-0.39, 0.29) is 0 Å². The molecule has 0 fully saturated rings. The van der Waals surface area contributed by atoms with Gasteiger partial charge < -0.3 is 9.47 Å². The number of hydrogen-bond acceptors (Lipinski definition) is 2. The van der Waals surface area contributed by atoms with E-state index in [2.05, 4.69) is 6.58 Å². The van der Waals surface area contributed by atoms with Gasteiger partial charge in [-0.15, -0.1) is 0 Å². The second kappa shape index (κ2) is 4.83. The summed E-state index contributed by atoms with van der Waals surface area (Å²) in [7, 11) is 3.25. The lowest BCUT2D eigenvalue weighted by molar-refractivity contribution is 0.228. The highest BCUT2D eigenvalue weighted by Gasteiger charge is 2.04. The van der Waals surface area contributed by atoms with Gasteiger partial charge in [0, 0.05) is 0 Å². The lowest BCUT2D eigenvalue weighted by Crippen LogP contribution is -1.96. The molecule has 0 aromatic heterocycles. The number of hydrogen-bond donors (Lipinski definition) is 0. The Balaban J connectivity index is 4.50. The zero-order valence-electron chi connectivity index (χ0n) is 7.73. The van der Waals surface area contributed by atoms with Gasteiger partial charge in [-0.1, -0.05) is 13.5 Å². The fourth-order valence-electron chi connectivity index (χ4n) is 0.790. The highest BCUT2D eigenvalue weighted by Crippen LogP contribution is 2.16. The molecule has 0 aromatic carbocycles. The first-order valence-corrected chi connectivity index (χ1v) is 3.64. The average Bonchev–Trinajstić information content (AvgIpc) is 2.05. The van der Waals surface area contributed by atoms with E-state index in [1.54, 1.807) is 14.2 Å². The molecule has 2 nitrogen and oxygen atoms in total. The van der Waals surface area contributed by atoms with Gasteiger partial charge in [0.15, 0.2) is 5.76 Å². The zero-order chi connectivity index (χ0) is 8.85. The lowest BCUT2D eigenvalue weighted by atomic mass is 10.2. The maximum Gasteiger partial charge on any atom is 0.158 e. The molecule has 0 aliphatic carbocycles. The molecule has 0 N–H and O–H groups in total. The first-order chi connectivity index (χ1) is 5.17. The monoisotopic (exact) mass is 156 g/mol. The van der Waals surface area contributed by atoms with Crippen molar-refractivity contribution in [1.82, 2.24) is 0 Å². The van der Waals surface area contributed by atoms with Gasteiger partial charge in [-0.05, 0) is 18.9 Å². The van der Waals surface area contributed by atoms with E-state index in [1.165, 1.54) is 0 Å². The van der Waals surface area contributed by atoms with Crippen molar-refractivity contribution in [2.45, 2.75) is 20.3 Å². The summed E-state index contributed by atoms with van der Waals surface area (Å²) in [5.74, 6) is 1.54. The van der Waals surface area contributed by atoms with Gasteiger partial charge in [0.25, 0.3) is 0 Å². The molecular formula is C9H16O2. The lowest BCUT2D eigenvalue weighted by Gasteiger charge is -2.10. The van der Waals surface area contributed by atoms with E-state index in [1.807, 2.05) is 13.8 Å². The molecular weight excluding hydrogens is 140 g/mol. The fraction of sp³-hybridized carbons (Fsp3) is 0.556. The summed E-state index contributed by atoms with van der Waals surface area (Å²) in [6.07, 6.45) is 0.879. The molecule has 0 aliphatic rings. The highest BCUT2D eigenvalue weighted by atomic mass is 16.5. The minimum atomic E-state index is 0.759. The molecule has 0 atom stereocenters. The van der Waals surface area contributed by atoms with Crippen LogP contribution in [0.4, 0.5) is 0 Å². The molecule has 0 saturated carbocycles. The van der Waals surface area contributed by atoms with Gasteiger partial charge in [0.2, 0.25) is 0 Å². The van der Waals surface area contributed by atoms with Crippen LogP contribution in [0.2, 0.25) is 0 Å². The van der Waals surface area contributed by atoms with Crippen LogP contribution in [0.5, 0.6) is 0 Å². The Bertz CT molecular complexity index is 168. The summed E-state index contributed by atoms with van der Waals surface area (Å²) in [5, 5.41) is 0. The summed E-state index contributed by atoms with van der Waals surface area (Å²) in [5.41, 5.74) is 0.965. The Hall–Kier alpha value is -0.920. The van der Waals surface area contributed by atoms with Gasteiger partial charge in [0.1, 0.15) is 5.76 Å². The zero-order valence-corrected chi connectivity index (χ0v) is 7.73. The first kappa shape index (κ1) is 10.1. The average molecular weight is 156 g/mol. The number of ether oxygens (including phenoxy) is 2.